The van der Waals surface area contributed by atoms with Crippen molar-refractivity contribution in [1.29, 1.82) is 0 Å². The molecule has 3 aromatic carbocycles. The number of hydrogen-bond donors (Lipinski definition) is 1. The lowest BCUT2D eigenvalue weighted by Gasteiger charge is -2.36. The Bertz CT molecular complexity index is 2840. The van der Waals surface area contributed by atoms with Gasteiger partial charge in [0.1, 0.15) is 25.2 Å². The number of ether oxygens (including phenoxy) is 1. The van der Waals surface area contributed by atoms with Crippen molar-refractivity contribution in [1.82, 2.24) is 34.0 Å². The third-order valence-corrected chi connectivity index (χ3v) is 11.1. The number of carbonyl (C=O) groups excluding carboxylic acids is 2. The zero-order valence-corrected chi connectivity index (χ0v) is 33.2. The molecule has 13 nitrogen and oxygen atoms in total. The molecule has 0 aliphatic carbocycles. The number of nitrogens with one attached hydrogen (secondary N) is 1. The molecule has 8 rings (SSSR count). The van der Waals surface area contributed by atoms with Gasteiger partial charge in [0.25, 0.3) is 11.5 Å². The van der Waals surface area contributed by atoms with E-state index in [9.17, 15) is 27.6 Å². The van der Waals surface area contributed by atoms with E-state index in [1.807, 2.05) is 54.3 Å². The first-order valence-corrected chi connectivity index (χ1v) is 19.7. The zero-order chi connectivity index (χ0) is 42.3. The molecule has 59 heavy (non-hydrogen) atoms. The highest BCUT2D eigenvalue weighted by Gasteiger charge is 2.33. The summed E-state index contributed by atoms with van der Waals surface area (Å²) < 4.78 is 57.7. The molecule has 1 aliphatic rings. The highest BCUT2D eigenvalue weighted by atomic mass is 35.5. The normalized spacial score (nSPS) is 13.6. The Kier molecular flexibility index (Phi) is 10.4. The standard InChI is InChI=1S/C41H35ClF3N9O4S/c1-3-31-35(51-14-16-52(17-15-51)38(56)34-36(24(2)46-23-47-34)58-22-25-7-5-4-6-8-25)39(57)54-40(49-37(50-54)27-9-12-32-26(19-27)13-18-59-32)53(31)21-33(55)48-30-11-10-28(20-29(30)42)41(43,44)45/h4-13,18-20,23H,3,14-17,21-22H2,1-2H3,(H,48,55)/i18D. The molecule has 0 spiro atoms. The van der Waals surface area contributed by atoms with Gasteiger partial charge in [-0.3, -0.25) is 14.4 Å². The molecule has 7 aromatic rings. The number of aromatic nitrogens is 6. The Morgan fingerprint density at radius 2 is 1.80 bits per heavy atom. The first kappa shape index (κ1) is 38.2. The SMILES string of the molecule is [2H]c1cc2cc(-c3nc4n(CC(=O)Nc5ccc(C(F)(F)F)cc5Cl)c(CC)c(N5CCN(C(=O)c6ncnc(C)c6OCc6ccccc6)CC5)c(=O)n4n3)ccc2s1. The van der Waals surface area contributed by atoms with Gasteiger partial charge in [0, 0.05) is 36.4 Å². The third kappa shape index (κ3) is 7.94. The highest BCUT2D eigenvalue weighted by molar-refractivity contribution is 7.17. The van der Waals surface area contributed by atoms with E-state index in [2.05, 4.69) is 20.4 Å². The Labute approximate surface area is 345 Å². The van der Waals surface area contributed by atoms with E-state index in [0.717, 1.165) is 38.4 Å². The van der Waals surface area contributed by atoms with Gasteiger partial charge in [0.15, 0.2) is 17.3 Å². The number of amides is 2. The zero-order valence-electron chi connectivity index (χ0n) is 32.6. The number of alkyl halides is 3. The number of anilines is 2. The maximum Gasteiger partial charge on any atom is 0.416 e. The molecule has 4 aromatic heterocycles. The van der Waals surface area contributed by atoms with Crippen molar-refractivity contribution in [2.24, 2.45) is 0 Å². The van der Waals surface area contributed by atoms with Gasteiger partial charge >= 0.3 is 6.18 Å². The van der Waals surface area contributed by atoms with E-state index >= 15 is 0 Å². The topological polar surface area (TPSA) is 140 Å². The molecular formula is C41H35ClF3N9O4S. The van der Waals surface area contributed by atoms with Gasteiger partial charge in [-0.2, -0.15) is 22.7 Å². The Morgan fingerprint density at radius 1 is 1.02 bits per heavy atom. The van der Waals surface area contributed by atoms with Crippen LogP contribution in [0.4, 0.5) is 24.5 Å². The van der Waals surface area contributed by atoms with Crippen LogP contribution in [-0.2, 0) is 30.5 Å². The molecule has 0 unspecified atom stereocenters. The fourth-order valence-corrected chi connectivity index (χ4v) is 7.94. The average molecular weight is 843 g/mol. The van der Waals surface area contributed by atoms with Gasteiger partial charge in [-0.1, -0.05) is 48.9 Å². The fourth-order valence-electron chi connectivity index (χ4n) is 7.03. The van der Waals surface area contributed by atoms with Crippen LogP contribution in [0.25, 0.3) is 27.3 Å². The van der Waals surface area contributed by atoms with Gasteiger partial charge in [-0.05, 0) is 72.1 Å². The van der Waals surface area contributed by atoms with Crippen molar-refractivity contribution in [3.63, 3.8) is 0 Å². The highest BCUT2D eigenvalue weighted by Crippen LogP contribution is 2.34. The second-order valence-electron chi connectivity index (χ2n) is 13.7. The maximum absolute atomic E-state index is 14.5. The molecule has 1 N–H and O–H groups in total. The summed E-state index contributed by atoms with van der Waals surface area (Å²) in [7, 11) is 0. The number of benzene rings is 3. The van der Waals surface area contributed by atoms with Crippen LogP contribution < -0.4 is 20.5 Å². The van der Waals surface area contributed by atoms with Gasteiger partial charge in [0.2, 0.25) is 11.7 Å². The number of thiophene rings is 1. The second kappa shape index (κ2) is 16.1. The number of nitrogens with zero attached hydrogens (tertiary/aromatic N) is 8. The van der Waals surface area contributed by atoms with E-state index in [4.69, 9.17) is 22.7 Å². The third-order valence-electron chi connectivity index (χ3n) is 9.98. The van der Waals surface area contributed by atoms with Crippen molar-refractivity contribution in [2.75, 3.05) is 36.4 Å². The summed E-state index contributed by atoms with van der Waals surface area (Å²) in [5.74, 6) is -0.451. The van der Waals surface area contributed by atoms with Crippen molar-refractivity contribution >= 4 is 62.0 Å². The number of aryl methyl sites for hydroxylation is 1. The average Bonchev–Trinajstić information content (AvgIpc) is 3.85. The molecule has 302 valence electrons. The van der Waals surface area contributed by atoms with E-state index in [0.29, 0.717) is 22.3 Å². The van der Waals surface area contributed by atoms with Crippen molar-refractivity contribution in [3.05, 3.63) is 128 Å². The van der Waals surface area contributed by atoms with Crippen LogP contribution in [0.1, 0.15) is 41.3 Å². The van der Waals surface area contributed by atoms with Gasteiger partial charge in [-0.15, -0.1) is 16.4 Å². The quantitative estimate of drug-likeness (QED) is 0.151. The Hall–Kier alpha value is -6.33. The lowest BCUT2D eigenvalue weighted by molar-refractivity contribution is -0.137. The maximum atomic E-state index is 14.5. The number of halogens is 4. The fraction of sp³-hybridized carbons (Fsp3) is 0.244. The molecule has 2 amide bonds. The van der Waals surface area contributed by atoms with E-state index in [-0.39, 0.29) is 84.6 Å². The number of piperazine rings is 1. The van der Waals surface area contributed by atoms with Crippen molar-refractivity contribution < 1.29 is 28.9 Å². The van der Waals surface area contributed by atoms with Crippen LogP contribution in [0, 0.1) is 6.92 Å². The van der Waals surface area contributed by atoms with Crippen LogP contribution in [0.3, 0.4) is 0 Å². The molecule has 1 fully saturated rings. The van der Waals surface area contributed by atoms with Crippen molar-refractivity contribution in [2.45, 2.75) is 39.6 Å². The van der Waals surface area contributed by atoms with Crippen LogP contribution in [0.2, 0.25) is 5.02 Å². The molecule has 18 heteroatoms. The molecule has 0 saturated carbocycles. The van der Waals surface area contributed by atoms with Crippen LogP contribution >= 0.6 is 22.9 Å². The molecule has 0 radical (unpaired) electrons. The van der Waals surface area contributed by atoms with E-state index in [1.54, 1.807) is 28.5 Å². The van der Waals surface area contributed by atoms with Gasteiger partial charge in [0.05, 0.1) is 29.0 Å². The van der Waals surface area contributed by atoms with E-state index < -0.39 is 29.8 Å². The molecule has 0 bridgehead atoms. The smallest absolute Gasteiger partial charge is 0.416 e. The summed E-state index contributed by atoms with van der Waals surface area (Å²) in [5, 5.41) is 8.10. The lowest BCUT2D eigenvalue weighted by atomic mass is 10.1. The first-order chi connectivity index (χ1) is 28.8. The largest absolute Gasteiger partial charge is 0.485 e. The summed E-state index contributed by atoms with van der Waals surface area (Å²) in [6.45, 7) is 4.29. The summed E-state index contributed by atoms with van der Waals surface area (Å²) in [5.41, 5.74) is 1.35. The lowest BCUT2D eigenvalue weighted by Crippen LogP contribution is -2.51. The van der Waals surface area contributed by atoms with Crippen LogP contribution in [-0.4, -0.2) is 72.0 Å². The molecule has 1 saturated heterocycles. The minimum absolute atomic E-state index is 0.0294. The number of fused-ring (bicyclic) bond motifs is 2. The summed E-state index contributed by atoms with van der Waals surface area (Å²) in [4.78, 5) is 58.9. The number of rotatable bonds is 10. The first-order valence-electron chi connectivity index (χ1n) is 19.0. The summed E-state index contributed by atoms with van der Waals surface area (Å²) in [6, 6.07) is 19.3. The minimum Gasteiger partial charge on any atom is -0.485 e. The summed E-state index contributed by atoms with van der Waals surface area (Å²) >= 11 is 7.50. The predicted molar refractivity (Wildman–Crippen MR) is 218 cm³/mol. The van der Waals surface area contributed by atoms with E-state index in [1.165, 1.54) is 17.7 Å². The summed E-state index contributed by atoms with van der Waals surface area (Å²) in [6.07, 6.45) is -3.04. The molecular weight excluding hydrogens is 807 g/mol. The van der Waals surface area contributed by atoms with Gasteiger partial charge < -0.3 is 24.4 Å². The molecule has 5 heterocycles. The Morgan fingerprint density at radius 3 is 2.53 bits per heavy atom. The number of hydrogen-bond acceptors (Lipinski definition) is 10. The second-order valence-corrected chi connectivity index (χ2v) is 15.0. The Balaban J connectivity index is 1.12. The predicted octanol–water partition coefficient (Wildman–Crippen LogP) is 7.29. The van der Waals surface area contributed by atoms with Crippen LogP contribution in [0.5, 0.6) is 5.75 Å². The number of carbonyl (C=O) groups is 2. The minimum atomic E-state index is -4.63. The molecule has 1 aliphatic heterocycles. The monoisotopic (exact) mass is 842 g/mol. The van der Waals surface area contributed by atoms with Crippen LogP contribution in [0.15, 0.2) is 89.3 Å². The van der Waals surface area contributed by atoms with Gasteiger partial charge in [-0.25, -0.2) is 9.97 Å². The van der Waals surface area contributed by atoms with Crippen molar-refractivity contribution in [3.8, 4) is 17.1 Å². The molecule has 0 atom stereocenters.